The molecule has 1 N–H and O–H groups in total. The lowest BCUT2D eigenvalue weighted by Crippen LogP contribution is -2.38. The topological polar surface area (TPSA) is 57.7 Å². The third kappa shape index (κ3) is 4.07. The van der Waals surface area contributed by atoms with Crippen molar-refractivity contribution in [3.05, 3.63) is 12.7 Å². The molecule has 0 aromatic carbocycles. The van der Waals surface area contributed by atoms with Crippen LogP contribution in [-0.4, -0.2) is 49.2 Å². The summed E-state index contributed by atoms with van der Waals surface area (Å²) in [6.07, 6.45) is 3.24. The lowest BCUT2D eigenvalue weighted by atomic mass is 10.2. The van der Waals surface area contributed by atoms with Crippen molar-refractivity contribution in [2.24, 2.45) is 0 Å². The normalized spacial score (nSPS) is 11.6. The Balaban J connectivity index is 0.00000200. The molecule has 0 aliphatic carbocycles. The van der Waals surface area contributed by atoms with E-state index in [4.69, 9.17) is 0 Å². The second-order valence-electron chi connectivity index (χ2n) is 5.05. The number of thioether (sulfide) groups is 1. The van der Waals surface area contributed by atoms with Gasteiger partial charge in [-0.25, -0.2) is 15.0 Å². The van der Waals surface area contributed by atoms with E-state index in [9.17, 15) is 0 Å². The average molecular weight is 316 g/mol. The molecular weight excluding hydrogens is 294 g/mol. The van der Waals surface area contributed by atoms with Crippen molar-refractivity contribution in [3.8, 4) is 0 Å². The van der Waals surface area contributed by atoms with Gasteiger partial charge >= 0.3 is 0 Å². The second-order valence-corrected chi connectivity index (χ2v) is 6.14. The maximum absolute atomic E-state index is 4.33. The largest absolute Gasteiger partial charge is 0.341 e. The fourth-order valence-electron chi connectivity index (χ4n) is 2.21. The monoisotopic (exact) mass is 315 g/mol. The Morgan fingerprint density at radius 1 is 1.15 bits per heavy atom. The zero-order valence-electron chi connectivity index (χ0n) is 12.3. The van der Waals surface area contributed by atoms with Crippen LogP contribution in [0.4, 0.5) is 0 Å². The van der Waals surface area contributed by atoms with E-state index in [1.165, 1.54) is 0 Å². The highest BCUT2D eigenvalue weighted by Gasteiger charge is 2.13. The summed E-state index contributed by atoms with van der Waals surface area (Å²) in [7, 11) is 0. The first-order valence-electron chi connectivity index (χ1n) is 6.62. The number of hydrogen-bond donors (Lipinski definition) is 1. The van der Waals surface area contributed by atoms with Gasteiger partial charge in [0.05, 0.1) is 6.33 Å². The first-order valence-corrected chi connectivity index (χ1v) is 7.60. The maximum atomic E-state index is 4.33. The van der Waals surface area contributed by atoms with Gasteiger partial charge in [-0.2, -0.15) is 0 Å². The Morgan fingerprint density at radius 2 is 1.85 bits per heavy atom. The lowest BCUT2D eigenvalue weighted by Gasteiger charge is -2.30. The molecular formula is C13H22ClN5S. The molecule has 2 aromatic heterocycles. The van der Waals surface area contributed by atoms with Crippen LogP contribution in [0, 0.1) is 0 Å². The molecule has 0 aliphatic rings. The van der Waals surface area contributed by atoms with Gasteiger partial charge in [-0.15, -0.1) is 24.2 Å². The summed E-state index contributed by atoms with van der Waals surface area (Å²) in [5, 5.41) is 0.981. The van der Waals surface area contributed by atoms with Crippen molar-refractivity contribution in [1.82, 2.24) is 24.8 Å². The molecule has 7 heteroatoms. The molecule has 5 nitrogen and oxygen atoms in total. The van der Waals surface area contributed by atoms with Crippen molar-refractivity contribution in [2.45, 2.75) is 44.8 Å². The molecule has 0 aliphatic heterocycles. The van der Waals surface area contributed by atoms with Crippen LogP contribution >= 0.6 is 24.2 Å². The Morgan fingerprint density at radius 3 is 2.50 bits per heavy atom. The summed E-state index contributed by atoms with van der Waals surface area (Å²) in [6, 6.07) is 1.14. The highest BCUT2D eigenvalue weighted by molar-refractivity contribution is 7.99. The predicted molar refractivity (Wildman–Crippen MR) is 86.6 cm³/mol. The molecule has 0 fully saturated rings. The summed E-state index contributed by atoms with van der Waals surface area (Å²) in [5.41, 5.74) is 1.68. The van der Waals surface area contributed by atoms with Crippen LogP contribution < -0.4 is 0 Å². The summed E-state index contributed by atoms with van der Waals surface area (Å²) in [6.45, 7) is 10.0. The molecule has 0 bridgehead atoms. The van der Waals surface area contributed by atoms with Crippen LogP contribution in [0.25, 0.3) is 11.2 Å². The van der Waals surface area contributed by atoms with Gasteiger partial charge in [0, 0.05) is 24.4 Å². The van der Waals surface area contributed by atoms with Gasteiger partial charge in [0.25, 0.3) is 0 Å². The van der Waals surface area contributed by atoms with Crippen molar-refractivity contribution >= 4 is 35.3 Å². The SMILES string of the molecule is CC(C)N(CCSc1ncnc2nc[nH]c12)C(C)C.Cl. The smallest absolute Gasteiger partial charge is 0.181 e. The number of nitrogens with one attached hydrogen (secondary N) is 1. The molecule has 0 saturated heterocycles. The van der Waals surface area contributed by atoms with Gasteiger partial charge in [0.2, 0.25) is 0 Å². The molecule has 0 unspecified atom stereocenters. The Labute approximate surface area is 130 Å². The van der Waals surface area contributed by atoms with Crippen molar-refractivity contribution in [2.75, 3.05) is 12.3 Å². The van der Waals surface area contributed by atoms with Crippen molar-refractivity contribution < 1.29 is 0 Å². The fraction of sp³-hybridized carbons (Fsp3) is 0.615. The summed E-state index contributed by atoms with van der Waals surface area (Å²) in [5.74, 6) is 1.02. The predicted octanol–water partition coefficient (Wildman–Crippen LogP) is 2.99. The van der Waals surface area contributed by atoms with Crippen LogP contribution in [-0.2, 0) is 0 Å². The molecule has 0 saturated carbocycles. The highest BCUT2D eigenvalue weighted by atomic mass is 35.5. The molecule has 2 aromatic rings. The zero-order valence-corrected chi connectivity index (χ0v) is 14.0. The number of imidazole rings is 1. The zero-order chi connectivity index (χ0) is 13.8. The van der Waals surface area contributed by atoms with Gasteiger partial charge in [-0.3, -0.25) is 4.90 Å². The van der Waals surface area contributed by atoms with Crippen LogP contribution in [0.1, 0.15) is 27.7 Å². The standard InChI is InChI=1S/C13H21N5S.ClH/c1-9(2)18(10(3)4)5-6-19-13-11-12(15-7-14-11)16-8-17-13;/h7-10H,5-6H2,1-4H3,(H,14,15,16,17);1H. The number of fused-ring (bicyclic) bond motifs is 1. The molecule has 20 heavy (non-hydrogen) atoms. The van der Waals surface area contributed by atoms with E-state index < -0.39 is 0 Å². The number of rotatable bonds is 6. The first kappa shape index (κ1) is 17.2. The molecule has 0 amide bonds. The van der Waals surface area contributed by atoms with Crippen LogP contribution in [0.5, 0.6) is 0 Å². The molecule has 2 rings (SSSR count). The minimum absolute atomic E-state index is 0. The van der Waals surface area contributed by atoms with E-state index in [0.717, 1.165) is 28.5 Å². The van der Waals surface area contributed by atoms with Gasteiger partial charge in [-0.1, -0.05) is 0 Å². The Bertz CT molecular complexity index is 520. The number of halogens is 1. The fourth-order valence-corrected chi connectivity index (χ4v) is 3.12. The van der Waals surface area contributed by atoms with Crippen LogP contribution in [0.15, 0.2) is 17.7 Å². The minimum Gasteiger partial charge on any atom is -0.341 e. The van der Waals surface area contributed by atoms with Crippen LogP contribution in [0.3, 0.4) is 0 Å². The number of aromatic amines is 1. The van der Waals surface area contributed by atoms with E-state index in [1.54, 1.807) is 24.4 Å². The van der Waals surface area contributed by atoms with E-state index in [-0.39, 0.29) is 12.4 Å². The van der Waals surface area contributed by atoms with Crippen LogP contribution in [0.2, 0.25) is 0 Å². The minimum atomic E-state index is 0. The van der Waals surface area contributed by atoms with Crippen molar-refractivity contribution in [3.63, 3.8) is 0 Å². The summed E-state index contributed by atoms with van der Waals surface area (Å²) in [4.78, 5) is 18.2. The quantitative estimate of drug-likeness (QED) is 0.656. The van der Waals surface area contributed by atoms with E-state index in [1.807, 2.05) is 0 Å². The third-order valence-corrected chi connectivity index (χ3v) is 4.07. The summed E-state index contributed by atoms with van der Waals surface area (Å²) >= 11 is 1.75. The van der Waals surface area contributed by atoms with Gasteiger partial charge in [0.15, 0.2) is 5.65 Å². The van der Waals surface area contributed by atoms with Gasteiger partial charge in [-0.05, 0) is 27.7 Å². The lowest BCUT2D eigenvalue weighted by molar-refractivity contribution is 0.187. The Kier molecular flexibility index (Phi) is 6.71. The maximum Gasteiger partial charge on any atom is 0.181 e. The van der Waals surface area contributed by atoms with Gasteiger partial charge < -0.3 is 4.98 Å². The molecule has 112 valence electrons. The number of aromatic nitrogens is 4. The third-order valence-electron chi connectivity index (χ3n) is 3.10. The van der Waals surface area contributed by atoms with Gasteiger partial charge in [0.1, 0.15) is 16.9 Å². The first-order chi connectivity index (χ1) is 9.09. The molecule has 0 radical (unpaired) electrons. The Hall–Kier alpha value is -0.850. The van der Waals surface area contributed by atoms with E-state index in [2.05, 4.69) is 52.5 Å². The second kappa shape index (κ2) is 7.81. The molecule has 2 heterocycles. The summed E-state index contributed by atoms with van der Waals surface area (Å²) < 4.78 is 0. The average Bonchev–Trinajstić information content (AvgIpc) is 2.82. The number of nitrogens with zero attached hydrogens (tertiary/aromatic N) is 4. The van der Waals surface area contributed by atoms with Crippen molar-refractivity contribution in [1.29, 1.82) is 0 Å². The number of hydrogen-bond acceptors (Lipinski definition) is 5. The van der Waals surface area contributed by atoms with E-state index >= 15 is 0 Å². The highest BCUT2D eigenvalue weighted by Crippen LogP contribution is 2.22. The van der Waals surface area contributed by atoms with E-state index in [0.29, 0.717) is 12.1 Å². The molecule has 0 atom stereocenters. The number of H-pyrrole nitrogens is 1. The molecule has 0 spiro atoms.